The van der Waals surface area contributed by atoms with Crippen LogP contribution in [0.15, 0.2) is 59.3 Å². The van der Waals surface area contributed by atoms with Crippen LogP contribution in [0.3, 0.4) is 0 Å². The van der Waals surface area contributed by atoms with Crippen molar-refractivity contribution in [1.29, 1.82) is 0 Å². The number of nitrogens with one attached hydrogen (secondary N) is 1. The number of pyridine rings is 1. The molecule has 0 aliphatic rings. The van der Waals surface area contributed by atoms with Gasteiger partial charge in [0.15, 0.2) is 12.4 Å². The van der Waals surface area contributed by atoms with Crippen LogP contribution in [0.4, 0.5) is 5.69 Å². The molecular weight excluding hydrogens is 280 g/mol. The van der Waals surface area contributed by atoms with Crippen LogP contribution in [0.25, 0.3) is 0 Å². The lowest BCUT2D eigenvalue weighted by Crippen LogP contribution is -2.39. The zero-order chi connectivity index (χ0) is 12.1. The summed E-state index contributed by atoms with van der Waals surface area (Å²) >= 11 is 3.37. The predicted octanol–water partition coefficient (Wildman–Crippen LogP) is 2.38. The van der Waals surface area contributed by atoms with Gasteiger partial charge in [-0.3, -0.25) is 4.79 Å². The molecule has 0 unspecified atom stereocenters. The van der Waals surface area contributed by atoms with Crippen LogP contribution < -0.4 is 9.88 Å². The minimum Gasteiger partial charge on any atom is -0.321 e. The van der Waals surface area contributed by atoms with Crippen molar-refractivity contribution in [3.8, 4) is 0 Å². The van der Waals surface area contributed by atoms with E-state index >= 15 is 0 Å². The van der Waals surface area contributed by atoms with Gasteiger partial charge in [0.1, 0.15) is 0 Å². The maximum absolute atomic E-state index is 11.7. The van der Waals surface area contributed by atoms with Gasteiger partial charge >= 0.3 is 0 Å². The van der Waals surface area contributed by atoms with Crippen molar-refractivity contribution in [3.63, 3.8) is 0 Å². The summed E-state index contributed by atoms with van der Waals surface area (Å²) in [6, 6.07) is 13.2. The van der Waals surface area contributed by atoms with Crippen molar-refractivity contribution in [2.75, 3.05) is 5.32 Å². The highest BCUT2D eigenvalue weighted by molar-refractivity contribution is 9.10. The molecule has 4 heteroatoms. The summed E-state index contributed by atoms with van der Waals surface area (Å²) in [7, 11) is 0. The quantitative estimate of drug-likeness (QED) is 0.866. The van der Waals surface area contributed by atoms with Gasteiger partial charge in [-0.2, -0.15) is 4.57 Å². The Kier molecular flexibility index (Phi) is 3.88. The first-order chi connectivity index (χ1) is 8.24. The molecule has 86 valence electrons. The number of para-hydroxylation sites is 1. The Morgan fingerprint density at radius 1 is 1.18 bits per heavy atom. The molecule has 0 atom stereocenters. The Hall–Kier alpha value is -1.68. The van der Waals surface area contributed by atoms with E-state index in [2.05, 4.69) is 21.2 Å². The van der Waals surface area contributed by atoms with Gasteiger partial charge in [0.2, 0.25) is 6.54 Å². The van der Waals surface area contributed by atoms with Crippen LogP contribution in [0.5, 0.6) is 0 Å². The second-order valence-corrected chi connectivity index (χ2v) is 4.52. The van der Waals surface area contributed by atoms with Crippen molar-refractivity contribution >= 4 is 27.5 Å². The van der Waals surface area contributed by atoms with Crippen LogP contribution in [-0.4, -0.2) is 5.91 Å². The third-order valence-electron chi connectivity index (χ3n) is 2.21. The molecule has 0 aliphatic carbocycles. The smallest absolute Gasteiger partial charge is 0.290 e. The lowest BCUT2D eigenvalue weighted by molar-refractivity contribution is -0.684. The second-order valence-electron chi connectivity index (χ2n) is 3.61. The van der Waals surface area contributed by atoms with Crippen molar-refractivity contribution in [2.24, 2.45) is 0 Å². The van der Waals surface area contributed by atoms with E-state index in [1.54, 1.807) is 0 Å². The van der Waals surface area contributed by atoms with E-state index < -0.39 is 0 Å². The summed E-state index contributed by atoms with van der Waals surface area (Å²) in [6.45, 7) is 0.300. The molecule has 2 aromatic rings. The van der Waals surface area contributed by atoms with Gasteiger partial charge < -0.3 is 5.32 Å². The van der Waals surface area contributed by atoms with Crippen molar-refractivity contribution in [3.05, 3.63) is 59.3 Å². The van der Waals surface area contributed by atoms with E-state index in [1.807, 2.05) is 59.4 Å². The molecule has 0 radical (unpaired) electrons. The Morgan fingerprint density at radius 2 is 1.94 bits per heavy atom. The molecule has 1 N–H and O–H groups in total. The molecule has 3 nitrogen and oxygen atoms in total. The molecule has 2 rings (SSSR count). The molecule has 0 fully saturated rings. The zero-order valence-corrected chi connectivity index (χ0v) is 10.7. The highest BCUT2D eigenvalue weighted by Gasteiger charge is 2.09. The Bertz CT molecular complexity index is 514. The summed E-state index contributed by atoms with van der Waals surface area (Å²) in [5.41, 5.74) is 0.813. The monoisotopic (exact) mass is 291 g/mol. The van der Waals surface area contributed by atoms with Gasteiger partial charge in [0.25, 0.3) is 5.91 Å². The van der Waals surface area contributed by atoms with Gasteiger partial charge in [-0.1, -0.05) is 18.2 Å². The number of nitrogens with zero attached hydrogens (tertiary/aromatic N) is 1. The van der Waals surface area contributed by atoms with Crippen LogP contribution in [0.1, 0.15) is 0 Å². The number of carbonyl (C=O) groups excluding carboxylic acids is 1. The molecule has 0 aliphatic heterocycles. The number of hydrogen-bond acceptors (Lipinski definition) is 1. The van der Waals surface area contributed by atoms with E-state index in [1.165, 1.54) is 0 Å². The summed E-state index contributed by atoms with van der Waals surface area (Å²) in [5.74, 6) is -0.0423. The maximum atomic E-state index is 11.7. The molecule has 0 bridgehead atoms. The molecule has 0 saturated carbocycles. The second kappa shape index (κ2) is 5.59. The van der Waals surface area contributed by atoms with Crippen molar-refractivity contribution < 1.29 is 9.36 Å². The number of hydrogen-bond donors (Lipinski definition) is 1. The standard InChI is InChI=1S/C13H11BrN2O/c14-11-5-4-8-16(9-11)10-13(17)15-12-6-2-1-3-7-12/h1-9H,10H2/p+1. The number of halogens is 1. The van der Waals surface area contributed by atoms with E-state index in [9.17, 15) is 4.79 Å². The van der Waals surface area contributed by atoms with Crippen LogP contribution >= 0.6 is 15.9 Å². The minimum absolute atomic E-state index is 0.0423. The van der Waals surface area contributed by atoms with Crippen LogP contribution in [0, 0.1) is 0 Å². The van der Waals surface area contributed by atoms with Gasteiger partial charge in [-0.15, -0.1) is 0 Å². The fourth-order valence-electron chi connectivity index (χ4n) is 1.48. The Morgan fingerprint density at radius 3 is 2.65 bits per heavy atom. The average molecular weight is 292 g/mol. The summed E-state index contributed by atoms with van der Waals surface area (Å²) in [6.07, 6.45) is 3.72. The molecule has 1 heterocycles. The van der Waals surface area contributed by atoms with Gasteiger partial charge in [-0.25, -0.2) is 0 Å². The van der Waals surface area contributed by atoms with Crippen molar-refractivity contribution in [1.82, 2.24) is 0 Å². The summed E-state index contributed by atoms with van der Waals surface area (Å²) < 4.78 is 2.77. The lowest BCUT2D eigenvalue weighted by atomic mass is 10.3. The maximum Gasteiger partial charge on any atom is 0.290 e. The number of amides is 1. The highest BCUT2D eigenvalue weighted by atomic mass is 79.9. The topological polar surface area (TPSA) is 33.0 Å². The zero-order valence-electron chi connectivity index (χ0n) is 9.14. The molecular formula is C13H12BrN2O+. The molecule has 1 aromatic carbocycles. The number of rotatable bonds is 3. The predicted molar refractivity (Wildman–Crippen MR) is 69.4 cm³/mol. The van der Waals surface area contributed by atoms with Gasteiger partial charge in [0.05, 0.1) is 4.47 Å². The third kappa shape index (κ3) is 3.67. The molecule has 0 spiro atoms. The fourth-order valence-corrected chi connectivity index (χ4v) is 1.89. The molecule has 1 amide bonds. The SMILES string of the molecule is O=C(C[n+]1cccc(Br)c1)Nc1ccccc1. The average Bonchev–Trinajstić information content (AvgIpc) is 2.30. The number of aromatic nitrogens is 1. The normalized spacial score (nSPS) is 9.94. The van der Waals surface area contributed by atoms with E-state index in [4.69, 9.17) is 0 Å². The first-order valence-electron chi connectivity index (χ1n) is 5.23. The summed E-state index contributed by atoms with van der Waals surface area (Å²) in [4.78, 5) is 11.7. The van der Waals surface area contributed by atoms with Crippen molar-refractivity contribution in [2.45, 2.75) is 6.54 Å². The number of anilines is 1. The van der Waals surface area contributed by atoms with Gasteiger partial charge in [0, 0.05) is 11.8 Å². The fraction of sp³-hybridized carbons (Fsp3) is 0.0769. The Labute approximate surface area is 108 Å². The van der Waals surface area contributed by atoms with Crippen LogP contribution in [0.2, 0.25) is 0 Å². The first-order valence-corrected chi connectivity index (χ1v) is 6.03. The first kappa shape index (κ1) is 11.8. The largest absolute Gasteiger partial charge is 0.321 e. The van der Waals surface area contributed by atoms with Crippen LogP contribution in [-0.2, 0) is 11.3 Å². The number of carbonyl (C=O) groups is 1. The van der Waals surface area contributed by atoms with E-state index in [0.29, 0.717) is 6.54 Å². The lowest BCUT2D eigenvalue weighted by Gasteiger charge is -2.02. The third-order valence-corrected chi connectivity index (χ3v) is 2.67. The molecule has 17 heavy (non-hydrogen) atoms. The van der Waals surface area contributed by atoms with E-state index in [0.717, 1.165) is 10.2 Å². The highest BCUT2D eigenvalue weighted by Crippen LogP contribution is 2.05. The molecule has 1 aromatic heterocycles. The van der Waals surface area contributed by atoms with E-state index in [-0.39, 0.29) is 5.91 Å². The molecule has 0 saturated heterocycles. The minimum atomic E-state index is -0.0423. The summed E-state index contributed by atoms with van der Waals surface area (Å²) in [5, 5.41) is 2.83. The Balaban J connectivity index is 1.98. The number of benzene rings is 1. The van der Waals surface area contributed by atoms with Gasteiger partial charge in [-0.05, 0) is 34.1 Å².